The largest absolute Gasteiger partial charge is 0.364 e. The summed E-state index contributed by atoms with van der Waals surface area (Å²) in [5.74, 6) is -1.10. The third kappa shape index (κ3) is 3.06. The van der Waals surface area contributed by atoms with Crippen LogP contribution < -0.4 is 10.6 Å². The average Bonchev–Trinajstić information content (AvgIpc) is 2.82. The molecule has 0 saturated heterocycles. The fourth-order valence-electron chi connectivity index (χ4n) is 2.30. The number of hydrogen-bond donors (Lipinski definition) is 2. The Morgan fingerprint density at radius 2 is 2.11 bits per heavy atom. The summed E-state index contributed by atoms with van der Waals surface area (Å²) in [6.07, 6.45) is 2.41. The van der Waals surface area contributed by atoms with Crippen LogP contribution in [0, 0.1) is 11.7 Å². The maximum Gasteiger partial charge on any atom is 0.225 e. The molecule has 8 heteroatoms. The first-order valence-electron chi connectivity index (χ1n) is 5.89. The minimum absolute atomic E-state index is 0.0641. The number of carbonyl (C=O) groups excluding carboxylic acids is 1. The molecule has 1 aliphatic carbocycles. The third-order valence-corrected chi connectivity index (χ3v) is 3.62. The Labute approximate surface area is 119 Å². The van der Waals surface area contributed by atoms with Crippen molar-refractivity contribution in [3.8, 4) is 0 Å². The van der Waals surface area contributed by atoms with Gasteiger partial charge in [0.05, 0.1) is 5.92 Å². The highest BCUT2D eigenvalue weighted by Gasteiger charge is 2.33. The number of hydrogen-bond acceptors (Lipinski definition) is 4. The lowest BCUT2D eigenvalue weighted by Gasteiger charge is -2.20. The summed E-state index contributed by atoms with van der Waals surface area (Å²) >= 11 is 11.2. The zero-order chi connectivity index (χ0) is 14.0. The lowest BCUT2D eigenvalue weighted by atomic mass is 10.0. The van der Waals surface area contributed by atoms with Crippen molar-refractivity contribution in [2.75, 3.05) is 12.4 Å². The van der Waals surface area contributed by atoms with Crippen LogP contribution in [-0.2, 0) is 4.79 Å². The van der Waals surface area contributed by atoms with E-state index < -0.39 is 5.82 Å². The van der Waals surface area contributed by atoms with Gasteiger partial charge < -0.3 is 10.6 Å². The molecule has 1 aromatic heterocycles. The normalized spacial score (nSPS) is 22.3. The van der Waals surface area contributed by atoms with Gasteiger partial charge in [-0.3, -0.25) is 4.79 Å². The van der Waals surface area contributed by atoms with Crippen molar-refractivity contribution >= 4 is 34.9 Å². The van der Waals surface area contributed by atoms with Crippen LogP contribution in [0.1, 0.15) is 19.3 Å². The van der Waals surface area contributed by atoms with Crippen LogP contribution in [-0.4, -0.2) is 29.0 Å². The molecule has 0 radical (unpaired) electrons. The van der Waals surface area contributed by atoms with Gasteiger partial charge in [0.2, 0.25) is 17.0 Å². The van der Waals surface area contributed by atoms with E-state index >= 15 is 0 Å². The summed E-state index contributed by atoms with van der Waals surface area (Å²) in [5.41, 5.74) is 0. The highest BCUT2D eigenvalue weighted by Crippen LogP contribution is 2.30. The number of rotatable bonds is 3. The van der Waals surface area contributed by atoms with Crippen molar-refractivity contribution in [2.24, 2.45) is 5.92 Å². The first-order chi connectivity index (χ1) is 9.02. The molecule has 2 rings (SSSR count). The zero-order valence-corrected chi connectivity index (χ0v) is 11.7. The van der Waals surface area contributed by atoms with E-state index in [1.807, 2.05) is 0 Å². The van der Waals surface area contributed by atoms with E-state index in [0.29, 0.717) is 0 Å². The number of halogens is 3. The Hall–Kier alpha value is -1.14. The molecule has 1 fully saturated rings. The van der Waals surface area contributed by atoms with Crippen LogP contribution >= 0.6 is 23.2 Å². The number of carbonyl (C=O) groups is 1. The number of nitrogens with one attached hydrogen (secondary N) is 2. The predicted molar refractivity (Wildman–Crippen MR) is 70.8 cm³/mol. The van der Waals surface area contributed by atoms with Gasteiger partial charge in [0.25, 0.3) is 0 Å². The second-order valence-electron chi connectivity index (χ2n) is 4.35. The smallest absolute Gasteiger partial charge is 0.225 e. The molecule has 0 unspecified atom stereocenters. The van der Waals surface area contributed by atoms with Crippen molar-refractivity contribution in [2.45, 2.75) is 25.3 Å². The molecule has 1 amide bonds. The van der Waals surface area contributed by atoms with Crippen LogP contribution in [0.25, 0.3) is 0 Å². The zero-order valence-electron chi connectivity index (χ0n) is 10.2. The summed E-state index contributed by atoms with van der Waals surface area (Å²) in [4.78, 5) is 19.0. The Morgan fingerprint density at radius 1 is 1.37 bits per heavy atom. The Balaban J connectivity index is 2.19. The van der Waals surface area contributed by atoms with E-state index in [9.17, 15) is 9.18 Å². The molecule has 0 bridgehead atoms. The van der Waals surface area contributed by atoms with Gasteiger partial charge in [0.15, 0.2) is 11.0 Å². The maximum atomic E-state index is 13.8. The first-order valence-corrected chi connectivity index (χ1v) is 6.65. The second-order valence-corrected chi connectivity index (χ2v) is 5.04. The molecule has 2 atom stereocenters. The van der Waals surface area contributed by atoms with Gasteiger partial charge in [-0.05, 0) is 24.4 Å². The summed E-state index contributed by atoms with van der Waals surface area (Å²) in [6.45, 7) is 0. The Bertz CT molecular complexity index is 500. The Kier molecular flexibility index (Phi) is 4.42. The summed E-state index contributed by atoms with van der Waals surface area (Å²) in [5, 5.41) is 5.03. The van der Waals surface area contributed by atoms with Gasteiger partial charge in [0.1, 0.15) is 0 Å². The minimum atomic E-state index is -0.756. The van der Waals surface area contributed by atoms with Crippen LogP contribution in [0.5, 0.6) is 0 Å². The molecule has 5 nitrogen and oxygen atoms in total. The topological polar surface area (TPSA) is 66.9 Å². The number of amides is 1. The van der Waals surface area contributed by atoms with Crippen LogP contribution in [0.4, 0.5) is 10.2 Å². The van der Waals surface area contributed by atoms with Crippen molar-refractivity contribution in [3.05, 3.63) is 16.3 Å². The van der Waals surface area contributed by atoms with Gasteiger partial charge in [-0.15, -0.1) is 0 Å². The molecule has 0 aromatic carbocycles. The molecule has 2 N–H and O–H groups in total. The SMILES string of the molecule is CNC(=O)[C@H]1CCC[C@@H]1Nc1nc(Cl)nc(Cl)c1F. The van der Waals surface area contributed by atoms with Crippen LogP contribution in [0.2, 0.25) is 10.4 Å². The summed E-state index contributed by atoms with van der Waals surface area (Å²) in [6, 6.07) is -0.184. The third-order valence-electron chi connectivity index (χ3n) is 3.20. The lowest BCUT2D eigenvalue weighted by Crippen LogP contribution is -2.36. The van der Waals surface area contributed by atoms with Gasteiger partial charge in [0, 0.05) is 13.1 Å². The molecular formula is C11H13Cl2FN4O. The van der Waals surface area contributed by atoms with Crippen LogP contribution in [0.15, 0.2) is 0 Å². The number of aromatic nitrogens is 2. The fraction of sp³-hybridized carbons (Fsp3) is 0.545. The molecule has 1 aliphatic rings. The van der Waals surface area contributed by atoms with Crippen molar-refractivity contribution in [1.82, 2.24) is 15.3 Å². The highest BCUT2D eigenvalue weighted by atomic mass is 35.5. The molecular weight excluding hydrogens is 294 g/mol. The van der Waals surface area contributed by atoms with Gasteiger partial charge in [-0.25, -0.2) is 4.98 Å². The second kappa shape index (κ2) is 5.88. The molecule has 1 heterocycles. The van der Waals surface area contributed by atoms with E-state index in [4.69, 9.17) is 23.2 Å². The maximum absolute atomic E-state index is 13.8. The van der Waals surface area contributed by atoms with Crippen LogP contribution in [0.3, 0.4) is 0 Å². The molecule has 0 aliphatic heterocycles. The summed E-state index contributed by atoms with van der Waals surface area (Å²) < 4.78 is 13.8. The quantitative estimate of drug-likeness (QED) is 0.664. The van der Waals surface area contributed by atoms with E-state index in [-0.39, 0.29) is 34.1 Å². The van der Waals surface area contributed by atoms with E-state index in [2.05, 4.69) is 20.6 Å². The van der Waals surface area contributed by atoms with Crippen molar-refractivity contribution in [3.63, 3.8) is 0 Å². The number of nitrogens with zero attached hydrogens (tertiary/aromatic N) is 2. The number of anilines is 1. The molecule has 1 aromatic rings. The van der Waals surface area contributed by atoms with Gasteiger partial charge >= 0.3 is 0 Å². The lowest BCUT2D eigenvalue weighted by molar-refractivity contribution is -0.124. The van der Waals surface area contributed by atoms with E-state index in [1.165, 1.54) is 0 Å². The first kappa shape index (κ1) is 14.3. The fourth-order valence-corrected chi connectivity index (χ4v) is 2.68. The van der Waals surface area contributed by atoms with Crippen molar-refractivity contribution < 1.29 is 9.18 Å². The Morgan fingerprint density at radius 3 is 2.79 bits per heavy atom. The molecule has 1 saturated carbocycles. The highest BCUT2D eigenvalue weighted by molar-refractivity contribution is 6.32. The van der Waals surface area contributed by atoms with E-state index in [0.717, 1.165) is 19.3 Å². The molecule has 0 spiro atoms. The minimum Gasteiger partial charge on any atom is -0.364 e. The monoisotopic (exact) mass is 306 g/mol. The summed E-state index contributed by atoms with van der Waals surface area (Å²) in [7, 11) is 1.58. The van der Waals surface area contributed by atoms with E-state index in [1.54, 1.807) is 7.05 Å². The molecule has 104 valence electrons. The van der Waals surface area contributed by atoms with Crippen molar-refractivity contribution in [1.29, 1.82) is 0 Å². The molecule has 19 heavy (non-hydrogen) atoms. The van der Waals surface area contributed by atoms with Gasteiger partial charge in [-0.2, -0.15) is 9.37 Å². The standard InChI is InChI=1S/C11H13Cl2FN4O/c1-15-10(19)5-3-2-4-6(5)16-9-7(14)8(12)17-11(13)18-9/h5-6H,2-4H2,1H3,(H,15,19)(H,16,17,18)/t5-,6-/m0/s1. The predicted octanol–water partition coefficient (Wildman–Crippen LogP) is 2.25. The van der Waals surface area contributed by atoms with Gasteiger partial charge in [-0.1, -0.05) is 18.0 Å². The average molecular weight is 307 g/mol.